The van der Waals surface area contributed by atoms with E-state index in [9.17, 15) is 20.0 Å². The summed E-state index contributed by atoms with van der Waals surface area (Å²) < 4.78 is 5.42. The fourth-order valence-electron chi connectivity index (χ4n) is 5.02. The van der Waals surface area contributed by atoms with Crippen molar-refractivity contribution in [3.8, 4) is 11.8 Å². The van der Waals surface area contributed by atoms with Crippen molar-refractivity contribution in [2.75, 3.05) is 20.2 Å². The first-order valence-electron chi connectivity index (χ1n) is 11.3. The van der Waals surface area contributed by atoms with Crippen LogP contribution in [0.1, 0.15) is 45.0 Å². The molecule has 0 saturated carbocycles. The van der Waals surface area contributed by atoms with Gasteiger partial charge < -0.3 is 25.5 Å². The van der Waals surface area contributed by atoms with Crippen molar-refractivity contribution >= 4 is 22.7 Å². The smallest absolute Gasteiger partial charge is 0.238 e. The standard InChI is InChI=1S/C24H31N5O4/c1-24(2)11-19(22(31)27-15(12-25)9-14-7-8-26-21(14)30)29(13-24)23(32)18-10-16-17(28-18)5-4-6-20(16)33-3/h4-6,10,14-15,19,23,28,32H,7-9,11,13H2,1-3H3,(H,26,30)(H,27,31)/t14-,15-,19?,23?/m0/s1. The summed E-state index contributed by atoms with van der Waals surface area (Å²) in [5, 5.41) is 27.3. The van der Waals surface area contributed by atoms with E-state index < -0.39 is 18.3 Å². The Morgan fingerprint density at radius 1 is 1.45 bits per heavy atom. The second-order valence-corrected chi connectivity index (χ2v) is 9.78. The molecule has 2 amide bonds. The number of nitrogens with one attached hydrogen (secondary N) is 3. The van der Waals surface area contributed by atoms with Crippen LogP contribution in [0.25, 0.3) is 10.9 Å². The van der Waals surface area contributed by atoms with Crippen molar-refractivity contribution in [3.05, 3.63) is 30.0 Å². The van der Waals surface area contributed by atoms with Crippen LogP contribution in [0.4, 0.5) is 0 Å². The molecule has 2 unspecified atom stereocenters. The zero-order chi connectivity index (χ0) is 23.8. The van der Waals surface area contributed by atoms with Crippen molar-refractivity contribution in [3.63, 3.8) is 0 Å². The lowest BCUT2D eigenvalue weighted by Crippen LogP contribution is -2.48. The van der Waals surface area contributed by atoms with E-state index in [0.717, 1.165) is 10.9 Å². The van der Waals surface area contributed by atoms with Gasteiger partial charge in [-0.3, -0.25) is 14.5 Å². The molecule has 176 valence electrons. The van der Waals surface area contributed by atoms with Gasteiger partial charge in [0.05, 0.1) is 24.9 Å². The number of hydrogen-bond donors (Lipinski definition) is 4. The number of carbonyl (C=O) groups excluding carboxylic acids is 2. The zero-order valence-corrected chi connectivity index (χ0v) is 19.2. The number of nitrogens with zero attached hydrogens (tertiary/aromatic N) is 2. The Kier molecular flexibility index (Phi) is 6.32. The third-order valence-corrected chi connectivity index (χ3v) is 6.67. The van der Waals surface area contributed by atoms with Crippen LogP contribution in [-0.2, 0) is 9.59 Å². The van der Waals surface area contributed by atoms with Gasteiger partial charge in [0.15, 0.2) is 0 Å². The minimum absolute atomic E-state index is 0.0715. The average Bonchev–Trinajstić information content (AvgIpc) is 3.48. The maximum atomic E-state index is 13.2. The molecular weight excluding hydrogens is 422 g/mol. The molecule has 33 heavy (non-hydrogen) atoms. The molecule has 2 aromatic rings. The lowest BCUT2D eigenvalue weighted by Gasteiger charge is -2.29. The fraction of sp³-hybridized carbons (Fsp3) is 0.542. The highest BCUT2D eigenvalue weighted by molar-refractivity contribution is 5.87. The monoisotopic (exact) mass is 453 g/mol. The fourth-order valence-corrected chi connectivity index (χ4v) is 5.02. The van der Waals surface area contributed by atoms with E-state index in [0.29, 0.717) is 37.4 Å². The number of ether oxygens (including phenoxy) is 1. The largest absolute Gasteiger partial charge is 0.496 e. The number of aliphatic hydroxyl groups is 1. The summed E-state index contributed by atoms with van der Waals surface area (Å²) in [4.78, 5) is 30.1. The number of aromatic amines is 1. The van der Waals surface area contributed by atoms with Crippen LogP contribution in [0.5, 0.6) is 5.75 Å². The number of aromatic nitrogens is 1. The summed E-state index contributed by atoms with van der Waals surface area (Å²) in [5.41, 5.74) is 1.21. The van der Waals surface area contributed by atoms with Gasteiger partial charge in [0.2, 0.25) is 11.8 Å². The van der Waals surface area contributed by atoms with Crippen molar-refractivity contribution in [1.29, 1.82) is 5.26 Å². The SMILES string of the molecule is COc1cccc2[nH]c(C(O)N3CC(C)(C)CC3C(=O)N[C@H](C#N)C[C@@H]3CCNC3=O)cc12. The van der Waals surface area contributed by atoms with E-state index >= 15 is 0 Å². The molecule has 2 saturated heterocycles. The zero-order valence-electron chi connectivity index (χ0n) is 19.2. The van der Waals surface area contributed by atoms with E-state index in [2.05, 4.69) is 35.5 Å². The van der Waals surface area contributed by atoms with Crippen LogP contribution in [0, 0.1) is 22.7 Å². The highest BCUT2D eigenvalue weighted by atomic mass is 16.5. The number of likely N-dealkylation sites (tertiary alicyclic amines) is 1. The number of benzene rings is 1. The lowest BCUT2D eigenvalue weighted by molar-refractivity contribution is -0.130. The number of nitriles is 1. The molecule has 2 aliphatic rings. The molecule has 4 atom stereocenters. The first-order chi connectivity index (χ1) is 15.7. The molecule has 4 rings (SSSR count). The van der Waals surface area contributed by atoms with Gasteiger partial charge in [0.1, 0.15) is 18.0 Å². The molecule has 0 aliphatic carbocycles. The molecule has 0 bridgehead atoms. The number of hydrogen-bond acceptors (Lipinski definition) is 6. The highest BCUT2D eigenvalue weighted by Gasteiger charge is 2.45. The summed E-state index contributed by atoms with van der Waals surface area (Å²) in [6.07, 6.45) is 0.467. The number of aliphatic hydroxyl groups excluding tert-OH is 1. The Hall–Kier alpha value is -3.09. The van der Waals surface area contributed by atoms with Crippen molar-refractivity contribution in [1.82, 2.24) is 20.5 Å². The second-order valence-electron chi connectivity index (χ2n) is 9.78. The normalized spacial score (nSPS) is 24.3. The molecule has 1 aromatic carbocycles. The van der Waals surface area contributed by atoms with Crippen LogP contribution >= 0.6 is 0 Å². The van der Waals surface area contributed by atoms with Gasteiger partial charge in [-0.2, -0.15) is 5.26 Å². The Labute approximate surface area is 193 Å². The number of rotatable bonds is 7. The molecule has 9 heteroatoms. The van der Waals surface area contributed by atoms with Gasteiger partial charge in [0, 0.05) is 29.9 Å². The maximum Gasteiger partial charge on any atom is 0.238 e. The van der Waals surface area contributed by atoms with E-state index in [1.807, 2.05) is 24.3 Å². The van der Waals surface area contributed by atoms with Crippen LogP contribution in [-0.4, -0.2) is 59.1 Å². The highest BCUT2D eigenvalue weighted by Crippen LogP contribution is 2.39. The van der Waals surface area contributed by atoms with Gasteiger partial charge in [-0.25, -0.2) is 0 Å². The summed E-state index contributed by atoms with van der Waals surface area (Å²) in [5.74, 6) is 0.0557. The first-order valence-corrected chi connectivity index (χ1v) is 11.3. The summed E-state index contributed by atoms with van der Waals surface area (Å²) in [6, 6.07) is 8.23. The molecule has 2 aliphatic heterocycles. The molecule has 9 nitrogen and oxygen atoms in total. The van der Waals surface area contributed by atoms with Gasteiger partial charge in [0.25, 0.3) is 0 Å². The Balaban J connectivity index is 1.52. The summed E-state index contributed by atoms with van der Waals surface area (Å²) in [7, 11) is 1.60. The number of carbonyl (C=O) groups is 2. The molecule has 1 aromatic heterocycles. The minimum Gasteiger partial charge on any atom is -0.496 e. The van der Waals surface area contributed by atoms with E-state index in [-0.39, 0.29) is 29.6 Å². The van der Waals surface area contributed by atoms with Crippen LogP contribution < -0.4 is 15.4 Å². The van der Waals surface area contributed by atoms with Crippen molar-refractivity contribution < 1.29 is 19.4 Å². The second kappa shape index (κ2) is 9.04. The number of fused-ring (bicyclic) bond motifs is 1. The van der Waals surface area contributed by atoms with E-state index in [1.54, 1.807) is 12.0 Å². The van der Waals surface area contributed by atoms with Crippen molar-refractivity contribution in [2.24, 2.45) is 11.3 Å². The molecule has 0 radical (unpaired) electrons. The number of amides is 2. The Morgan fingerprint density at radius 2 is 2.24 bits per heavy atom. The first kappa shape index (κ1) is 23.1. The molecule has 3 heterocycles. The minimum atomic E-state index is -1.03. The quantitative estimate of drug-likeness (QED) is 0.506. The number of methoxy groups -OCH3 is 1. The summed E-state index contributed by atoms with van der Waals surface area (Å²) >= 11 is 0. The van der Waals surface area contributed by atoms with E-state index in [1.165, 1.54) is 0 Å². The molecule has 2 fully saturated rings. The molecule has 0 spiro atoms. The van der Waals surface area contributed by atoms with E-state index in [4.69, 9.17) is 4.74 Å². The third-order valence-electron chi connectivity index (χ3n) is 6.67. The predicted molar refractivity (Wildman–Crippen MR) is 122 cm³/mol. The average molecular weight is 454 g/mol. The summed E-state index contributed by atoms with van der Waals surface area (Å²) in [6.45, 7) is 5.22. The van der Waals surface area contributed by atoms with Crippen LogP contribution in [0.3, 0.4) is 0 Å². The van der Waals surface area contributed by atoms with Gasteiger partial charge >= 0.3 is 0 Å². The van der Waals surface area contributed by atoms with Crippen LogP contribution in [0.2, 0.25) is 0 Å². The Bertz CT molecular complexity index is 1090. The van der Waals surface area contributed by atoms with Gasteiger partial charge in [-0.1, -0.05) is 19.9 Å². The number of H-pyrrole nitrogens is 1. The van der Waals surface area contributed by atoms with Crippen LogP contribution in [0.15, 0.2) is 24.3 Å². The predicted octanol–water partition coefficient (Wildman–Crippen LogP) is 1.80. The van der Waals surface area contributed by atoms with Gasteiger partial charge in [-0.15, -0.1) is 0 Å². The Morgan fingerprint density at radius 3 is 2.91 bits per heavy atom. The molecule has 4 N–H and O–H groups in total. The lowest BCUT2D eigenvalue weighted by atomic mass is 9.90. The van der Waals surface area contributed by atoms with Gasteiger partial charge in [-0.05, 0) is 42.9 Å². The molecular formula is C24H31N5O4. The topological polar surface area (TPSA) is 130 Å². The maximum absolute atomic E-state index is 13.2. The van der Waals surface area contributed by atoms with Crippen molar-refractivity contribution in [2.45, 2.75) is 51.4 Å². The third kappa shape index (κ3) is 4.68.